The number of pyridine rings is 1. The first-order chi connectivity index (χ1) is 5.83. The molecule has 65 valence electrons. The van der Waals surface area contributed by atoms with E-state index in [9.17, 15) is 5.11 Å². The van der Waals surface area contributed by atoms with E-state index in [-0.39, 0.29) is 12.5 Å². The number of aromatic nitrogens is 1. The zero-order valence-electron chi connectivity index (χ0n) is 7.06. The molecule has 0 saturated carbocycles. The summed E-state index contributed by atoms with van der Waals surface area (Å²) < 4.78 is 0. The van der Waals surface area contributed by atoms with Crippen molar-refractivity contribution in [1.29, 1.82) is 0 Å². The van der Waals surface area contributed by atoms with Crippen molar-refractivity contribution in [3.63, 3.8) is 0 Å². The van der Waals surface area contributed by atoms with Crippen LogP contribution in [0.4, 0.5) is 0 Å². The molecule has 1 aromatic rings. The molecule has 1 radical (unpaired) electrons. The second-order valence-corrected chi connectivity index (χ2v) is 3.86. The van der Waals surface area contributed by atoms with Crippen LogP contribution in [-0.2, 0) is 5.11 Å². The molecular formula is C9H12NOS. The third-order valence-corrected chi connectivity index (χ3v) is 2.76. The zero-order valence-corrected chi connectivity index (χ0v) is 7.88. The van der Waals surface area contributed by atoms with E-state index in [4.69, 9.17) is 0 Å². The molecule has 0 saturated heterocycles. The standard InChI is InChI=1S/C9H12NOS/c1-8(6-11)7-12-9-3-2-4-10-5-9/h2-5,8H,6-7H2,1H3. The fraction of sp³-hybridized carbons (Fsp3) is 0.444. The summed E-state index contributed by atoms with van der Waals surface area (Å²) in [6, 6.07) is 3.92. The third-order valence-electron chi connectivity index (χ3n) is 1.45. The monoisotopic (exact) mass is 182 g/mol. The molecule has 0 aromatic carbocycles. The predicted octanol–water partition coefficient (Wildman–Crippen LogP) is 2.24. The third kappa shape index (κ3) is 3.24. The zero-order chi connectivity index (χ0) is 8.81. The first-order valence-electron chi connectivity index (χ1n) is 3.94. The van der Waals surface area contributed by atoms with Crippen molar-refractivity contribution in [3.8, 4) is 0 Å². The highest BCUT2D eigenvalue weighted by molar-refractivity contribution is 7.99. The largest absolute Gasteiger partial charge is 0.264 e. The van der Waals surface area contributed by atoms with Gasteiger partial charge in [-0.3, -0.25) is 4.98 Å². The van der Waals surface area contributed by atoms with Gasteiger partial charge in [0, 0.05) is 23.0 Å². The second kappa shape index (κ2) is 5.17. The maximum absolute atomic E-state index is 10.4. The highest BCUT2D eigenvalue weighted by atomic mass is 32.2. The molecule has 1 aromatic heterocycles. The van der Waals surface area contributed by atoms with Crippen molar-refractivity contribution in [3.05, 3.63) is 24.5 Å². The molecule has 1 rings (SSSR count). The van der Waals surface area contributed by atoms with Crippen LogP contribution >= 0.6 is 11.8 Å². The van der Waals surface area contributed by atoms with Crippen LogP contribution in [0.2, 0.25) is 0 Å². The van der Waals surface area contributed by atoms with Crippen molar-refractivity contribution in [2.45, 2.75) is 11.8 Å². The van der Waals surface area contributed by atoms with Crippen molar-refractivity contribution in [2.24, 2.45) is 5.92 Å². The van der Waals surface area contributed by atoms with Gasteiger partial charge in [0.1, 0.15) is 0 Å². The van der Waals surface area contributed by atoms with E-state index in [0.29, 0.717) is 0 Å². The van der Waals surface area contributed by atoms with E-state index in [0.717, 1.165) is 10.6 Å². The van der Waals surface area contributed by atoms with Crippen molar-refractivity contribution >= 4 is 11.8 Å². The molecule has 0 N–H and O–H groups in total. The minimum atomic E-state index is 0.00720. The molecule has 0 aliphatic heterocycles. The van der Waals surface area contributed by atoms with E-state index in [1.54, 1.807) is 18.0 Å². The summed E-state index contributed by atoms with van der Waals surface area (Å²) in [6.45, 7) is 1.98. The summed E-state index contributed by atoms with van der Waals surface area (Å²) >= 11 is 1.69. The quantitative estimate of drug-likeness (QED) is 0.669. The SMILES string of the molecule is CC(C[O])CSc1cccnc1. The highest BCUT2D eigenvalue weighted by Crippen LogP contribution is 2.18. The van der Waals surface area contributed by atoms with Gasteiger partial charge in [-0.15, -0.1) is 11.8 Å². The summed E-state index contributed by atoms with van der Waals surface area (Å²) in [5.74, 6) is 1.13. The van der Waals surface area contributed by atoms with Crippen LogP contribution in [0.15, 0.2) is 29.4 Å². The molecule has 0 aliphatic rings. The molecule has 0 aliphatic carbocycles. The molecule has 1 unspecified atom stereocenters. The number of hydrogen-bond donors (Lipinski definition) is 0. The van der Waals surface area contributed by atoms with Gasteiger partial charge in [0.2, 0.25) is 0 Å². The van der Waals surface area contributed by atoms with Crippen LogP contribution in [0.25, 0.3) is 0 Å². The van der Waals surface area contributed by atoms with Gasteiger partial charge in [0.25, 0.3) is 0 Å². The lowest BCUT2D eigenvalue weighted by molar-refractivity contribution is 0.160. The van der Waals surface area contributed by atoms with Gasteiger partial charge in [-0.05, 0) is 18.1 Å². The first kappa shape index (κ1) is 9.55. The van der Waals surface area contributed by atoms with Crippen molar-refractivity contribution < 1.29 is 5.11 Å². The lowest BCUT2D eigenvalue weighted by Crippen LogP contribution is -2.01. The Morgan fingerprint density at radius 3 is 3.08 bits per heavy atom. The van der Waals surface area contributed by atoms with Crippen molar-refractivity contribution in [1.82, 2.24) is 4.98 Å². The number of hydrogen-bond acceptors (Lipinski definition) is 2. The molecule has 0 amide bonds. The first-order valence-corrected chi connectivity index (χ1v) is 4.92. The molecule has 3 heteroatoms. The lowest BCUT2D eigenvalue weighted by Gasteiger charge is -2.04. The minimum Gasteiger partial charge on any atom is -0.264 e. The lowest BCUT2D eigenvalue weighted by atomic mass is 10.2. The molecular weight excluding hydrogens is 170 g/mol. The van der Waals surface area contributed by atoms with E-state index in [1.807, 2.05) is 25.3 Å². The fourth-order valence-corrected chi connectivity index (χ4v) is 1.60. The predicted molar refractivity (Wildman–Crippen MR) is 49.7 cm³/mol. The number of thioether (sulfide) groups is 1. The van der Waals surface area contributed by atoms with Gasteiger partial charge >= 0.3 is 0 Å². The molecule has 12 heavy (non-hydrogen) atoms. The van der Waals surface area contributed by atoms with E-state index in [1.165, 1.54) is 0 Å². The van der Waals surface area contributed by atoms with Gasteiger partial charge in [-0.2, -0.15) is 0 Å². The average molecular weight is 182 g/mol. The van der Waals surface area contributed by atoms with Gasteiger partial charge < -0.3 is 0 Å². The summed E-state index contributed by atoms with van der Waals surface area (Å²) in [6.07, 6.45) is 3.57. The van der Waals surface area contributed by atoms with Crippen LogP contribution in [0.1, 0.15) is 6.92 Å². The highest BCUT2D eigenvalue weighted by Gasteiger charge is 2.01. The Balaban J connectivity index is 2.33. The Bertz CT molecular complexity index is 215. The molecule has 1 atom stereocenters. The molecule has 1 heterocycles. The van der Waals surface area contributed by atoms with Crippen LogP contribution in [0.5, 0.6) is 0 Å². The van der Waals surface area contributed by atoms with Crippen LogP contribution < -0.4 is 0 Å². The number of nitrogens with zero attached hydrogens (tertiary/aromatic N) is 1. The van der Waals surface area contributed by atoms with Crippen molar-refractivity contribution in [2.75, 3.05) is 12.4 Å². The van der Waals surface area contributed by atoms with Crippen LogP contribution in [0.3, 0.4) is 0 Å². The van der Waals surface area contributed by atoms with Gasteiger partial charge in [-0.1, -0.05) is 6.92 Å². The Morgan fingerprint density at radius 2 is 2.50 bits per heavy atom. The topological polar surface area (TPSA) is 32.8 Å². The summed E-state index contributed by atoms with van der Waals surface area (Å²) in [5, 5.41) is 10.4. The van der Waals surface area contributed by atoms with Crippen LogP contribution in [-0.4, -0.2) is 17.3 Å². The van der Waals surface area contributed by atoms with E-state index < -0.39 is 0 Å². The van der Waals surface area contributed by atoms with E-state index >= 15 is 0 Å². The second-order valence-electron chi connectivity index (χ2n) is 2.77. The van der Waals surface area contributed by atoms with E-state index in [2.05, 4.69) is 4.98 Å². The summed E-state index contributed by atoms with van der Waals surface area (Å²) in [4.78, 5) is 5.13. The Labute approximate surface area is 77.0 Å². The molecule has 0 bridgehead atoms. The summed E-state index contributed by atoms with van der Waals surface area (Å²) in [7, 11) is 0. The molecule has 0 fully saturated rings. The molecule has 0 spiro atoms. The van der Waals surface area contributed by atoms with Crippen LogP contribution in [0, 0.1) is 5.92 Å². The Kier molecular flexibility index (Phi) is 4.11. The van der Waals surface area contributed by atoms with Gasteiger partial charge in [0.05, 0.1) is 6.61 Å². The maximum Gasteiger partial charge on any atom is 0.0855 e. The smallest absolute Gasteiger partial charge is 0.0855 e. The Hall–Kier alpha value is -0.540. The normalized spacial score (nSPS) is 12.8. The summed E-state index contributed by atoms with van der Waals surface area (Å²) in [5.41, 5.74) is 0. The molecule has 2 nitrogen and oxygen atoms in total. The fourth-order valence-electron chi connectivity index (χ4n) is 0.719. The maximum atomic E-state index is 10.4. The van der Waals surface area contributed by atoms with Gasteiger partial charge in [0.15, 0.2) is 0 Å². The van der Waals surface area contributed by atoms with Gasteiger partial charge in [-0.25, -0.2) is 5.11 Å². The Morgan fingerprint density at radius 1 is 1.67 bits per heavy atom. The average Bonchev–Trinajstić information content (AvgIpc) is 2.16. The minimum absolute atomic E-state index is 0.00720. The number of rotatable bonds is 4.